The van der Waals surface area contributed by atoms with Gasteiger partial charge in [-0.1, -0.05) is 13.8 Å². The summed E-state index contributed by atoms with van der Waals surface area (Å²) in [5.74, 6) is 0.0255. The Morgan fingerprint density at radius 1 is 1.59 bits per heavy atom. The first-order valence-electron chi connectivity index (χ1n) is 6.04. The van der Waals surface area contributed by atoms with Gasteiger partial charge >= 0.3 is 0 Å². The summed E-state index contributed by atoms with van der Waals surface area (Å²) in [5.41, 5.74) is 6.84. The number of nitrogen functional groups attached to an aromatic ring is 1. The third-order valence-corrected chi connectivity index (χ3v) is 4.55. The normalized spacial score (nSPS) is 22.6. The lowest BCUT2D eigenvalue weighted by Gasteiger charge is -2.17. The Morgan fingerprint density at radius 3 is 2.76 bits per heavy atom. The van der Waals surface area contributed by atoms with E-state index in [9.17, 15) is 4.79 Å². The SMILES string of the molecule is Cc1sc(C(=O)NC2CCC(C)(C)C2)cc1N. The quantitative estimate of drug-likeness (QED) is 0.850. The molecule has 1 heterocycles. The van der Waals surface area contributed by atoms with Crippen LogP contribution in [0.25, 0.3) is 0 Å². The highest BCUT2D eigenvalue weighted by molar-refractivity contribution is 7.14. The second-order valence-corrected chi connectivity index (χ2v) is 6.96. The number of aryl methyl sites for hydroxylation is 1. The van der Waals surface area contributed by atoms with Gasteiger partial charge in [0.05, 0.1) is 4.88 Å². The number of carbonyl (C=O) groups excluding carboxylic acids is 1. The average molecular weight is 252 g/mol. The lowest BCUT2D eigenvalue weighted by molar-refractivity contribution is 0.0940. The number of anilines is 1. The minimum atomic E-state index is 0.0255. The van der Waals surface area contributed by atoms with Gasteiger partial charge < -0.3 is 11.1 Å². The van der Waals surface area contributed by atoms with Gasteiger partial charge in [0.25, 0.3) is 5.91 Å². The van der Waals surface area contributed by atoms with Crippen LogP contribution in [0, 0.1) is 12.3 Å². The van der Waals surface area contributed by atoms with Crippen molar-refractivity contribution < 1.29 is 4.79 Å². The van der Waals surface area contributed by atoms with Crippen molar-refractivity contribution in [2.45, 2.75) is 46.1 Å². The highest BCUT2D eigenvalue weighted by atomic mass is 32.1. The monoisotopic (exact) mass is 252 g/mol. The summed E-state index contributed by atoms with van der Waals surface area (Å²) in [4.78, 5) is 13.8. The van der Waals surface area contributed by atoms with Crippen molar-refractivity contribution in [3.63, 3.8) is 0 Å². The van der Waals surface area contributed by atoms with Gasteiger partial charge in [0.2, 0.25) is 0 Å². The second-order valence-electron chi connectivity index (χ2n) is 5.70. The zero-order valence-corrected chi connectivity index (χ0v) is 11.5. The topological polar surface area (TPSA) is 55.1 Å². The van der Waals surface area contributed by atoms with Crippen LogP contribution in [0.2, 0.25) is 0 Å². The van der Waals surface area contributed by atoms with E-state index in [0.717, 1.165) is 22.6 Å². The molecule has 94 valence electrons. The lowest BCUT2D eigenvalue weighted by Crippen LogP contribution is -2.33. The molecule has 0 aromatic carbocycles. The molecule has 1 aliphatic rings. The molecule has 1 aromatic heterocycles. The van der Waals surface area contributed by atoms with Crippen molar-refractivity contribution in [3.05, 3.63) is 15.8 Å². The summed E-state index contributed by atoms with van der Waals surface area (Å²) in [6.45, 7) is 6.45. The molecule has 1 aromatic rings. The first-order chi connectivity index (χ1) is 7.87. The van der Waals surface area contributed by atoms with Crippen molar-refractivity contribution in [2.75, 3.05) is 5.73 Å². The first-order valence-corrected chi connectivity index (χ1v) is 6.86. The fourth-order valence-corrected chi connectivity index (χ4v) is 3.27. The molecule has 0 bridgehead atoms. The third kappa shape index (κ3) is 2.80. The van der Waals surface area contributed by atoms with Gasteiger partial charge in [-0.05, 0) is 37.7 Å². The maximum Gasteiger partial charge on any atom is 0.261 e. The van der Waals surface area contributed by atoms with Gasteiger partial charge in [0.1, 0.15) is 0 Å². The van der Waals surface area contributed by atoms with E-state index >= 15 is 0 Å². The van der Waals surface area contributed by atoms with Crippen LogP contribution in [0.5, 0.6) is 0 Å². The molecular weight excluding hydrogens is 232 g/mol. The largest absolute Gasteiger partial charge is 0.398 e. The van der Waals surface area contributed by atoms with Crippen LogP contribution < -0.4 is 11.1 Å². The molecular formula is C13H20N2OS. The molecule has 0 spiro atoms. The summed E-state index contributed by atoms with van der Waals surface area (Å²) in [5, 5.41) is 3.11. The number of amides is 1. The predicted molar refractivity (Wildman–Crippen MR) is 72.4 cm³/mol. The zero-order valence-electron chi connectivity index (χ0n) is 10.7. The van der Waals surface area contributed by atoms with Crippen LogP contribution in [-0.2, 0) is 0 Å². The smallest absolute Gasteiger partial charge is 0.261 e. The Labute approximate surface area is 106 Å². The fraction of sp³-hybridized carbons (Fsp3) is 0.615. The van der Waals surface area contributed by atoms with Crippen LogP contribution in [0.3, 0.4) is 0 Å². The molecule has 3 nitrogen and oxygen atoms in total. The molecule has 1 saturated carbocycles. The minimum absolute atomic E-state index is 0.0255. The Bertz CT molecular complexity index is 417. The summed E-state index contributed by atoms with van der Waals surface area (Å²) >= 11 is 1.47. The number of rotatable bonds is 2. The lowest BCUT2D eigenvalue weighted by atomic mass is 9.92. The average Bonchev–Trinajstić information content (AvgIpc) is 2.71. The zero-order chi connectivity index (χ0) is 12.6. The molecule has 3 N–H and O–H groups in total. The van der Waals surface area contributed by atoms with Crippen molar-refractivity contribution >= 4 is 22.9 Å². The third-order valence-electron chi connectivity index (χ3n) is 3.48. The fourth-order valence-electron chi connectivity index (χ4n) is 2.42. The van der Waals surface area contributed by atoms with Gasteiger partial charge in [0, 0.05) is 16.6 Å². The van der Waals surface area contributed by atoms with Gasteiger partial charge in [-0.2, -0.15) is 0 Å². The number of thiophene rings is 1. The Balaban J connectivity index is 1.98. The standard InChI is InChI=1S/C13H20N2OS/c1-8-10(14)6-11(17-8)12(16)15-9-4-5-13(2,3)7-9/h6,9H,4-5,7,14H2,1-3H3,(H,15,16). The van der Waals surface area contributed by atoms with Gasteiger partial charge in [-0.25, -0.2) is 0 Å². The molecule has 0 radical (unpaired) electrons. The molecule has 1 amide bonds. The predicted octanol–water partition coefficient (Wildman–Crippen LogP) is 2.95. The molecule has 1 atom stereocenters. The van der Waals surface area contributed by atoms with Gasteiger partial charge in [-0.15, -0.1) is 11.3 Å². The van der Waals surface area contributed by atoms with Crippen LogP contribution in [0.4, 0.5) is 5.69 Å². The van der Waals surface area contributed by atoms with Crippen LogP contribution in [0.1, 0.15) is 47.7 Å². The van der Waals surface area contributed by atoms with Crippen molar-refractivity contribution in [3.8, 4) is 0 Å². The molecule has 17 heavy (non-hydrogen) atoms. The van der Waals surface area contributed by atoms with Crippen molar-refractivity contribution in [1.29, 1.82) is 0 Å². The van der Waals surface area contributed by atoms with Crippen molar-refractivity contribution in [2.24, 2.45) is 5.41 Å². The van der Waals surface area contributed by atoms with E-state index in [0.29, 0.717) is 17.1 Å². The summed E-state index contributed by atoms with van der Waals surface area (Å²) < 4.78 is 0. The molecule has 1 fully saturated rings. The van der Waals surface area contributed by atoms with Crippen LogP contribution in [0.15, 0.2) is 6.07 Å². The maximum absolute atomic E-state index is 12.0. The molecule has 1 aliphatic carbocycles. The highest BCUT2D eigenvalue weighted by Crippen LogP contribution is 2.37. The van der Waals surface area contributed by atoms with Crippen LogP contribution >= 0.6 is 11.3 Å². The van der Waals surface area contributed by atoms with Gasteiger partial charge in [-0.3, -0.25) is 4.79 Å². The molecule has 0 aliphatic heterocycles. The number of hydrogen-bond donors (Lipinski definition) is 2. The summed E-state index contributed by atoms with van der Waals surface area (Å²) in [7, 11) is 0. The van der Waals surface area contributed by atoms with Crippen molar-refractivity contribution in [1.82, 2.24) is 5.32 Å². The van der Waals surface area contributed by atoms with E-state index in [-0.39, 0.29) is 5.91 Å². The Hall–Kier alpha value is -1.03. The van der Waals surface area contributed by atoms with E-state index in [2.05, 4.69) is 19.2 Å². The van der Waals surface area contributed by atoms with Gasteiger partial charge in [0.15, 0.2) is 0 Å². The van der Waals surface area contributed by atoms with E-state index in [1.807, 2.05) is 6.92 Å². The number of nitrogens with two attached hydrogens (primary N) is 1. The number of carbonyl (C=O) groups is 1. The number of hydrogen-bond acceptors (Lipinski definition) is 3. The Morgan fingerprint density at radius 2 is 2.29 bits per heavy atom. The highest BCUT2D eigenvalue weighted by Gasteiger charge is 2.31. The second kappa shape index (κ2) is 4.33. The van der Waals surface area contributed by atoms with E-state index in [1.165, 1.54) is 17.8 Å². The first kappa shape index (κ1) is 12.4. The summed E-state index contributed by atoms with van der Waals surface area (Å²) in [6, 6.07) is 2.09. The molecule has 4 heteroatoms. The van der Waals surface area contributed by atoms with E-state index in [4.69, 9.17) is 5.73 Å². The summed E-state index contributed by atoms with van der Waals surface area (Å²) in [6.07, 6.45) is 3.33. The maximum atomic E-state index is 12.0. The Kier molecular flexibility index (Phi) is 3.17. The number of nitrogens with one attached hydrogen (secondary N) is 1. The van der Waals surface area contributed by atoms with Crippen LogP contribution in [-0.4, -0.2) is 11.9 Å². The molecule has 0 saturated heterocycles. The van der Waals surface area contributed by atoms with E-state index in [1.54, 1.807) is 6.07 Å². The minimum Gasteiger partial charge on any atom is -0.398 e. The molecule has 2 rings (SSSR count). The molecule has 1 unspecified atom stereocenters. The van der Waals surface area contributed by atoms with E-state index < -0.39 is 0 Å².